The maximum atomic E-state index is 14.8. The van der Waals surface area contributed by atoms with E-state index in [0.717, 1.165) is 37.3 Å². The van der Waals surface area contributed by atoms with Crippen molar-refractivity contribution in [1.82, 2.24) is 14.9 Å². The van der Waals surface area contributed by atoms with Gasteiger partial charge >= 0.3 is 0 Å². The van der Waals surface area contributed by atoms with Crippen LogP contribution in [-0.4, -0.2) is 59.8 Å². The van der Waals surface area contributed by atoms with Crippen molar-refractivity contribution < 1.29 is 8.78 Å². The summed E-state index contributed by atoms with van der Waals surface area (Å²) in [6.45, 7) is 12.6. The predicted molar refractivity (Wildman–Crippen MR) is 142 cm³/mol. The van der Waals surface area contributed by atoms with Crippen LogP contribution in [0.1, 0.15) is 38.8 Å². The van der Waals surface area contributed by atoms with Crippen molar-refractivity contribution in [2.45, 2.75) is 39.2 Å². The summed E-state index contributed by atoms with van der Waals surface area (Å²) < 4.78 is 29.5. The van der Waals surface area contributed by atoms with Crippen molar-refractivity contribution in [3.63, 3.8) is 0 Å². The molecule has 36 heavy (non-hydrogen) atoms. The number of fused-ring (bicyclic) bond motifs is 1. The van der Waals surface area contributed by atoms with Crippen molar-refractivity contribution >= 4 is 23.5 Å². The molecule has 1 fully saturated rings. The second-order valence-corrected chi connectivity index (χ2v) is 10.5. The Bertz CT molecular complexity index is 1300. The molecule has 1 saturated heterocycles. The van der Waals surface area contributed by atoms with Gasteiger partial charge in [0, 0.05) is 61.6 Å². The number of anilines is 3. The second-order valence-electron chi connectivity index (χ2n) is 10.5. The Kier molecular flexibility index (Phi) is 6.47. The number of aliphatic imine (C=N–C) groups is 1. The first-order valence-corrected chi connectivity index (χ1v) is 12.4. The minimum absolute atomic E-state index is 0.143. The number of hydrogen-bond donors (Lipinski definition) is 1. The van der Waals surface area contributed by atoms with Crippen LogP contribution < -0.4 is 10.2 Å². The number of rotatable bonds is 5. The molecule has 0 spiro atoms. The predicted octanol–water partition coefficient (Wildman–Crippen LogP) is 5.41. The molecule has 0 aliphatic carbocycles. The molecule has 2 aliphatic heterocycles. The number of halogens is 2. The highest BCUT2D eigenvalue weighted by atomic mass is 19.1. The summed E-state index contributed by atoms with van der Waals surface area (Å²) in [5, 5.41) is 3.14. The molecule has 6 nitrogen and oxygen atoms in total. The lowest BCUT2D eigenvalue weighted by atomic mass is 9.79. The number of benzene rings is 2. The van der Waals surface area contributed by atoms with Gasteiger partial charge in [-0.2, -0.15) is 0 Å². The highest BCUT2D eigenvalue weighted by Gasteiger charge is 2.27. The van der Waals surface area contributed by atoms with Gasteiger partial charge in [0.1, 0.15) is 11.5 Å². The fourth-order valence-electron chi connectivity index (χ4n) is 4.93. The smallest absolute Gasteiger partial charge is 0.227 e. The van der Waals surface area contributed by atoms with Gasteiger partial charge in [-0.05, 0) is 49.2 Å². The number of hydrogen-bond acceptors (Lipinski definition) is 6. The third-order valence-corrected chi connectivity index (χ3v) is 7.10. The van der Waals surface area contributed by atoms with Crippen LogP contribution in [0.15, 0.2) is 47.6 Å². The zero-order chi connectivity index (χ0) is 25.4. The lowest BCUT2D eigenvalue weighted by Crippen LogP contribution is -2.49. The van der Waals surface area contributed by atoms with Gasteiger partial charge in [-0.25, -0.2) is 18.7 Å². The van der Waals surface area contributed by atoms with Gasteiger partial charge in [0.2, 0.25) is 5.95 Å². The van der Waals surface area contributed by atoms with E-state index in [2.05, 4.69) is 57.8 Å². The average Bonchev–Trinajstić information content (AvgIpc) is 2.86. The van der Waals surface area contributed by atoms with Gasteiger partial charge in [0.05, 0.1) is 11.9 Å². The van der Waals surface area contributed by atoms with E-state index in [1.54, 1.807) is 12.1 Å². The molecule has 2 aliphatic rings. The third-order valence-electron chi connectivity index (χ3n) is 7.10. The minimum Gasteiger partial charge on any atom is -0.367 e. The van der Waals surface area contributed by atoms with Gasteiger partial charge in [-0.3, -0.25) is 9.89 Å². The Morgan fingerprint density at radius 1 is 0.972 bits per heavy atom. The maximum Gasteiger partial charge on any atom is 0.227 e. The van der Waals surface area contributed by atoms with Crippen molar-refractivity contribution in [3.8, 4) is 11.3 Å². The van der Waals surface area contributed by atoms with E-state index >= 15 is 0 Å². The van der Waals surface area contributed by atoms with Crippen molar-refractivity contribution in [1.29, 1.82) is 0 Å². The first-order chi connectivity index (χ1) is 17.2. The fraction of sp³-hybridized carbons (Fsp3) is 0.393. The number of piperazine rings is 1. The molecule has 188 valence electrons. The van der Waals surface area contributed by atoms with E-state index in [-0.39, 0.29) is 22.9 Å². The molecule has 0 atom stereocenters. The summed E-state index contributed by atoms with van der Waals surface area (Å²) in [6.07, 6.45) is 3.04. The van der Waals surface area contributed by atoms with Gasteiger partial charge in [0.15, 0.2) is 5.82 Å². The molecule has 0 bridgehead atoms. The molecule has 0 unspecified atom stereocenters. The van der Waals surface area contributed by atoms with Gasteiger partial charge in [0.25, 0.3) is 0 Å². The molecule has 5 rings (SSSR count). The Labute approximate surface area is 211 Å². The lowest BCUT2D eigenvalue weighted by Gasteiger charge is -2.38. The Hall–Kier alpha value is -3.39. The summed E-state index contributed by atoms with van der Waals surface area (Å²) >= 11 is 0. The first-order valence-electron chi connectivity index (χ1n) is 12.4. The Morgan fingerprint density at radius 3 is 2.50 bits per heavy atom. The molecule has 0 radical (unpaired) electrons. The maximum absolute atomic E-state index is 14.8. The molecular formula is C28H32F2N6. The molecule has 3 heterocycles. The Balaban J connectivity index is 1.40. The van der Waals surface area contributed by atoms with E-state index in [1.165, 1.54) is 12.3 Å². The second kappa shape index (κ2) is 9.58. The fourth-order valence-corrected chi connectivity index (χ4v) is 4.93. The van der Waals surface area contributed by atoms with E-state index in [1.807, 2.05) is 24.4 Å². The number of nitrogens with zero attached hydrogens (tertiary/aromatic N) is 5. The minimum atomic E-state index is -0.495. The molecule has 0 amide bonds. The zero-order valence-electron chi connectivity index (χ0n) is 21.2. The quantitative estimate of drug-likeness (QED) is 0.519. The van der Waals surface area contributed by atoms with Gasteiger partial charge < -0.3 is 10.2 Å². The Morgan fingerprint density at radius 2 is 1.75 bits per heavy atom. The third kappa shape index (κ3) is 4.82. The van der Waals surface area contributed by atoms with Crippen LogP contribution in [0, 0.1) is 11.6 Å². The van der Waals surface area contributed by atoms with E-state index in [0.29, 0.717) is 29.5 Å². The topological polar surface area (TPSA) is 56.6 Å². The van der Waals surface area contributed by atoms with E-state index in [9.17, 15) is 8.78 Å². The molecule has 1 aromatic heterocycles. The zero-order valence-corrected chi connectivity index (χ0v) is 21.2. The lowest BCUT2D eigenvalue weighted by molar-refractivity contribution is 0.209. The normalized spacial score (nSPS) is 17.4. The van der Waals surface area contributed by atoms with Crippen LogP contribution >= 0.6 is 0 Å². The van der Waals surface area contributed by atoms with Gasteiger partial charge in [-0.1, -0.05) is 26.0 Å². The van der Waals surface area contributed by atoms with E-state index < -0.39 is 5.82 Å². The summed E-state index contributed by atoms with van der Waals surface area (Å²) in [7, 11) is 0. The van der Waals surface area contributed by atoms with Gasteiger partial charge in [-0.15, -0.1) is 0 Å². The molecule has 1 N–H and O–H groups in total. The standard InChI is InChI=1S/C28H32F2N6/c1-18(2)35-9-11-36(12-10-35)25-14-21(7-8-23(25)29)33-27-32-16-24(30)26(34-27)19-5-6-20-15-31-17-28(3,4)22(20)13-19/h5-8,13-16,18H,9-12,17H2,1-4H3,(H,32,33,34). The first kappa shape index (κ1) is 24.3. The highest BCUT2D eigenvalue weighted by Crippen LogP contribution is 2.34. The van der Waals surface area contributed by atoms with Crippen LogP contribution in [-0.2, 0) is 5.41 Å². The van der Waals surface area contributed by atoms with Crippen LogP contribution in [0.5, 0.6) is 0 Å². The average molecular weight is 491 g/mol. The summed E-state index contributed by atoms with van der Waals surface area (Å²) in [5.41, 5.74) is 4.11. The molecule has 0 saturated carbocycles. The van der Waals surface area contributed by atoms with E-state index in [4.69, 9.17) is 0 Å². The summed E-state index contributed by atoms with van der Waals surface area (Å²) in [6, 6.07) is 11.1. The van der Waals surface area contributed by atoms with Crippen LogP contribution in [0.4, 0.5) is 26.1 Å². The van der Waals surface area contributed by atoms with Crippen molar-refractivity contribution in [3.05, 3.63) is 65.4 Å². The van der Waals surface area contributed by atoms with Crippen molar-refractivity contribution in [2.75, 3.05) is 42.9 Å². The summed E-state index contributed by atoms with van der Waals surface area (Å²) in [5.74, 6) is -0.503. The van der Waals surface area contributed by atoms with Crippen LogP contribution in [0.25, 0.3) is 11.3 Å². The number of aromatic nitrogens is 2. The SMILES string of the molecule is CC(C)N1CCN(c2cc(Nc3ncc(F)c(-c4ccc5c(c4)C(C)(C)CN=C5)n3)ccc2F)CC1. The molecular weight excluding hydrogens is 458 g/mol. The summed E-state index contributed by atoms with van der Waals surface area (Å²) in [4.78, 5) is 17.5. The number of nitrogens with one attached hydrogen (secondary N) is 1. The largest absolute Gasteiger partial charge is 0.367 e. The molecule has 8 heteroatoms. The van der Waals surface area contributed by atoms with Crippen LogP contribution in [0.2, 0.25) is 0 Å². The van der Waals surface area contributed by atoms with Crippen molar-refractivity contribution in [2.24, 2.45) is 4.99 Å². The molecule has 3 aromatic rings. The highest BCUT2D eigenvalue weighted by molar-refractivity contribution is 5.85. The van der Waals surface area contributed by atoms with Crippen LogP contribution in [0.3, 0.4) is 0 Å². The molecule has 2 aromatic carbocycles. The monoisotopic (exact) mass is 490 g/mol.